The van der Waals surface area contributed by atoms with E-state index in [4.69, 9.17) is 5.73 Å². The number of hydrogen-bond donors (Lipinski definition) is 2. The maximum Gasteiger partial charge on any atom is 0.221 e. The van der Waals surface area contributed by atoms with Gasteiger partial charge in [-0.3, -0.25) is 4.79 Å². The molecule has 0 heterocycles. The van der Waals surface area contributed by atoms with Gasteiger partial charge in [0.2, 0.25) is 5.91 Å². The molecule has 0 aromatic heterocycles. The summed E-state index contributed by atoms with van der Waals surface area (Å²) in [7, 11) is 0. The topological polar surface area (TPSA) is 55.1 Å². The van der Waals surface area contributed by atoms with Crippen LogP contribution in [0, 0.1) is 10.8 Å². The van der Waals surface area contributed by atoms with Gasteiger partial charge >= 0.3 is 0 Å². The average molecular weight is 254 g/mol. The minimum absolute atomic E-state index is 0.0329. The predicted octanol–water partition coefficient (Wildman–Crippen LogP) is 2.83. The molecule has 2 unspecified atom stereocenters. The fraction of sp³-hybridized carbons (Fsp3) is 0.933. The van der Waals surface area contributed by atoms with E-state index in [0.717, 1.165) is 12.8 Å². The Hall–Kier alpha value is -0.570. The summed E-state index contributed by atoms with van der Waals surface area (Å²) in [6.45, 7) is 10.9. The Balaban J connectivity index is 2.38. The van der Waals surface area contributed by atoms with Crippen LogP contribution >= 0.6 is 0 Å². The van der Waals surface area contributed by atoms with Gasteiger partial charge in [-0.05, 0) is 30.1 Å². The summed E-state index contributed by atoms with van der Waals surface area (Å²) in [4.78, 5) is 12.0. The van der Waals surface area contributed by atoms with Crippen molar-refractivity contribution in [3.63, 3.8) is 0 Å². The van der Waals surface area contributed by atoms with E-state index in [1.807, 2.05) is 0 Å². The zero-order valence-electron chi connectivity index (χ0n) is 12.7. The Morgan fingerprint density at radius 3 is 2.50 bits per heavy atom. The van der Waals surface area contributed by atoms with Crippen LogP contribution in [0.15, 0.2) is 0 Å². The smallest absolute Gasteiger partial charge is 0.221 e. The van der Waals surface area contributed by atoms with Crippen LogP contribution in [0.3, 0.4) is 0 Å². The maximum absolute atomic E-state index is 12.0. The van der Waals surface area contributed by atoms with E-state index in [1.54, 1.807) is 0 Å². The molecule has 0 spiro atoms. The SMILES string of the molecule is CC(C)(C)CC(N)CC(=O)NC1CCCC1(C)C. The maximum atomic E-state index is 12.0. The molecule has 0 aromatic carbocycles. The third kappa shape index (κ3) is 4.97. The van der Waals surface area contributed by atoms with Crippen LogP contribution in [0.25, 0.3) is 0 Å². The zero-order chi connectivity index (χ0) is 14.0. The van der Waals surface area contributed by atoms with Crippen LogP contribution in [0.1, 0.15) is 66.7 Å². The quantitative estimate of drug-likeness (QED) is 0.810. The Morgan fingerprint density at radius 1 is 1.44 bits per heavy atom. The molecule has 1 rings (SSSR count). The molecule has 18 heavy (non-hydrogen) atoms. The van der Waals surface area contributed by atoms with Crippen molar-refractivity contribution in [3.8, 4) is 0 Å². The first-order valence-corrected chi connectivity index (χ1v) is 7.15. The first-order chi connectivity index (χ1) is 8.10. The van der Waals surface area contributed by atoms with E-state index in [9.17, 15) is 4.79 Å². The summed E-state index contributed by atoms with van der Waals surface area (Å²) in [5.74, 6) is 0.117. The van der Waals surface area contributed by atoms with Crippen molar-refractivity contribution in [1.82, 2.24) is 5.32 Å². The number of hydrogen-bond acceptors (Lipinski definition) is 2. The first kappa shape index (κ1) is 15.5. The first-order valence-electron chi connectivity index (χ1n) is 7.15. The third-order valence-corrected chi connectivity index (χ3v) is 3.91. The highest BCUT2D eigenvalue weighted by Gasteiger charge is 2.35. The van der Waals surface area contributed by atoms with Gasteiger partial charge in [0.05, 0.1) is 0 Å². The van der Waals surface area contributed by atoms with E-state index in [2.05, 4.69) is 39.9 Å². The summed E-state index contributed by atoms with van der Waals surface area (Å²) in [6, 6.07) is 0.293. The lowest BCUT2D eigenvalue weighted by Crippen LogP contribution is -2.43. The van der Waals surface area contributed by atoms with Crippen molar-refractivity contribution in [2.24, 2.45) is 16.6 Å². The zero-order valence-corrected chi connectivity index (χ0v) is 12.7. The van der Waals surface area contributed by atoms with Crippen LogP contribution in [-0.4, -0.2) is 18.0 Å². The number of carbonyl (C=O) groups is 1. The number of amides is 1. The van der Waals surface area contributed by atoms with Crippen LogP contribution in [0.5, 0.6) is 0 Å². The fourth-order valence-corrected chi connectivity index (χ4v) is 2.94. The number of nitrogens with two attached hydrogens (primary N) is 1. The summed E-state index contributed by atoms with van der Waals surface area (Å²) in [6.07, 6.45) is 4.85. The molecule has 0 bridgehead atoms. The molecule has 1 saturated carbocycles. The molecule has 0 radical (unpaired) electrons. The Morgan fingerprint density at radius 2 is 2.06 bits per heavy atom. The number of nitrogens with one attached hydrogen (secondary N) is 1. The molecule has 106 valence electrons. The Bertz CT molecular complexity index is 291. The van der Waals surface area contributed by atoms with E-state index >= 15 is 0 Å². The molecule has 2 atom stereocenters. The van der Waals surface area contributed by atoms with Gasteiger partial charge in [-0.1, -0.05) is 41.0 Å². The van der Waals surface area contributed by atoms with Gasteiger partial charge in [-0.2, -0.15) is 0 Å². The van der Waals surface area contributed by atoms with Gasteiger partial charge in [0.1, 0.15) is 0 Å². The molecular formula is C15H30N2O. The second-order valence-corrected chi connectivity index (χ2v) is 7.73. The lowest BCUT2D eigenvalue weighted by molar-refractivity contribution is -0.122. The molecule has 0 aliphatic heterocycles. The van der Waals surface area contributed by atoms with E-state index < -0.39 is 0 Å². The fourth-order valence-electron chi connectivity index (χ4n) is 2.94. The highest BCUT2D eigenvalue weighted by atomic mass is 16.1. The molecule has 3 N–H and O–H groups in total. The highest BCUT2D eigenvalue weighted by Crippen LogP contribution is 2.37. The molecule has 1 amide bonds. The van der Waals surface area contributed by atoms with Crippen molar-refractivity contribution in [2.45, 2.75) is 78.8 Å². The monoisotopic (exact) mass is 254 g/mol. The van der Waals surface area contributed by atoms with E-state index in [0.29, 0.717) is 12.5 Å². The second-order valence-electron chi connectivity index (χ2n) is 7.73. The standard InChI is InChI=1S/C15H30N2O/c1-14(2,3)10-11(16)9-13(18)17-12-7-6-8-15(12,4)5/h11-12H,6-10,16H2,1-5H3,(H,17,18). The molecular weight excluding hydrogens is 224 g/mol. The van der Waals surface area contributed by atoms with Gasteiger partial charge in [0.15, 0.2) is 0 Å². The summed E-state index contributed by atoms with van der Waals surface area (Å²) in [5.41, 5.74) is 6.47. The van der Waals surface area contributed by atoms with Gasteiger partial charge in [0, 0.05) is 18.5 Å². The number of carbonyl (C=O) groups excluding carboxylic acids is 1. The van der Waals surface area contributed by atoms with Crippen molar-refractivity contribution in [1.29, 1.82) is 0 Å². The minimum atomic E-state index is -0.0329. The molecule has 1 fully saturated rings. The highest BCUT2D eigenvalue weighted by molar-refractivity contribution is 5.77. The molecule has 1 aliphatic carbocycles. The van der Waals surface area contributed by atoms with Gasteiger partial charge in [0.25, 0.3) is 0 Å². The Kier molecular flexibility index (Phi) is 4.82. The predicted molar refractivity (Wildman–Crippen MR) is 76.2 cm³/mol. The molecule has 0 aromatic rings. The summed E-state index contributed by atoms with van der Waals surface area (Å²) in [5, 5.41) is 3.17. The van der Waals surface area contributed by atoms with E-state index in [-0.39, 0.29) is 22.8 Å². The summed E-state index contributed by atoms with van der Waals surface area (Å²) < 4.78 is 0. The molecule has 1 aliphatic rings. The normalized spacial score (nSPS) is 24.9. The molecule has 0 saturated heterocycles. The Labute approximate surface area is 112 Å². The molecule has 3 nitrogen and oxygen atoms in total. The second kappa shape index (κ2) is 5.60. The summed E-state index contributed by atoms with van der Waals surface area (Å²) >= 11 is 0. The van der Waals surface area contributed by atoms with Crippen LogP contribution in [0.2, 0.25) is 0 Å². The van der Waals surface area contributed by atoms with Gasteiger partial charge in [-0.25, -0.2) is 0 Å². The van der Waals surface area contributed by atoms with Crippen LogP contribution in [-0.2, 0) is 4.79 Å². The third-order valence-electron chi connectivity index (χ3n) is 3.91. The van der Waals surface area contributed by atoms with Crippen molar-refractivity contribution < 1.29 is 4.79 Å². The van der Waals surface area contributed by atoms with E-state index in [1.165, 1.54) is 12.8 Å². The lowest BCUT2D eigenvalue weighted by atomic mass is 9.86. The van der Waals surface area contributed by atoms with Crippen molar-refractivity contribution in [3.05, 3.63) is 0 Å². The largest absolute Gasteiger partial charge is 0.353 e. The van der Waals surface area contributed by atoms with Gasteiger partial charge in [-0.15, -0.1) is 0 Å². The average Bonchev–Trinajstić information content (AvgIpc) is 2.41. The lowest BCUT2D eigenvalue weighted by Gasteiger charge is -2.29. The van der Waals surface area contributed by atoms with Crippen LogP contribution in [0.4, 0.5) is 0 Å². The van der Waals surface area contributed by atoms with Crippen LogP contribution < -0.4 is 11.1 Å². The molecule has 3 heteroatoms. The van der Waals surface area contributed by atoms with Crippen molar-refractivity contribution >= 4 is 5.91 Å². The minimum Gasteiger partial charge on any atom is -0.353 e. The number of rotatable bonds is 4. The van der Waals surface area contributed by atoms with Crippen molar-refractivity contribution in [2.75, 3.05) is 0 Å². The van der Waals surface area contributed by atoms with Gasteiger partial charge < -0.3 is 11.1 Å².